The van der Waals surface area contributed by atoms with Gasteiger partial charge in [-0.25, -0.2) is 0 Å². The van der Waals surface area contributed by atoms with Gasteiger partial charge in [-0.15, -0.1) is 0 Å². The van der Waals surface area contributed by atoms with E-state index in [0.29, 0.717) is 35.9 Å². The third-order valence-corrected chi connectivity index (χ3v) is 15.6. The molecule has 0 bridgehead atoms. The number of esters is 1. The van der Waals surface area contributed by atoms with Crippen LogP contribution in [0.15, 0.2) is 212 Å². The molecule has 0 N–H and O–H groups in total. The van der Waals surface area contributed by atoms with Gasteiger partial charge in [0.15, 0.2) is 11.9 Å². The average molecular weight is 1040 g/mol. The maximum Gasteiger partial charge on any atom is 0.303 e. The Bertz CT molecular complexity index is 2520. The fraction of sp³-hybridized carbons (Fsp3) is 0.377. The largest absolute Gasteiger partial charge is 0.455 e. The molecule has 77 heavy (non-hydrogen) atoms. The van der Waals surface area contributed by atoms with E-state index in [1.54, 1.807) is 7.11 Å². The summed E-state index contributed by atoms with van der Waals surface area (Å²) in [5.41, 5.74) is 7.72. The van der Waals surface area contributed by atoms with E-state index in [4.69, 9.17) is 33.2 Å². The van der Waals surface area contributed by atoms with E-state index >= 15 is 0 Å². The third kappa shape index (κ3) is 14.9. The summed E-state index contributed by atoms with van der Waals surface area (Å²) in [7, 11) is 1.54. The van der Waals surface area contributed by atoms with Crippen LogP contribution in [0.5, 0.6) is 0 Å². The lowest BCUT2D eigenvalue weighted by Gasteiger charge is -2.44. The lowest BCUT2D eigenvalue weighted by Crippen LogP contribution is -2.52. The second-order valence-electron chi connectivity index (χ2n) is 21.6. The summed E-state index contributed by atoms with van der Waals surface area (Å²) >= 11 is 0. The highest BCUT2D eigenvalue weighted by atomic mass is 16.8. The Balaban J connectivity index is 0.000000169. The number of rotatable bonds is 15. The van der Waals surface area contributed by atoms with Crippen LogP contribution in [-0.4, -0.2) is 69.9 Å². The Morgan fingerprint density at radius 1 is 0.519 bits per heavy atom. The molecule has 8 heteroatoms. The number of benzene rings is 7. The first-order valence-corrected chi connectivity index (χ1v) is 27.4. The van der Waals surface area contributed by atoms with Crippen molar-refractivity contribution in [3.8, 4) is 0 Å². The first kappa shape index (κ1) is 58.5. The molecule has 8 nitrogen and oxygen atoms in total. The fourth-order valence-corrected chi connectivity index (χ4v) is 11.0. The molecule has 3 aliphatic rings. The van der Waals surface area contributed by atoms with Crippen molar-refractivity contribution in [2.24, 2.45) is 11.8 Å². The molecule has 3 saturated heterocycles. The molecule has 406 valence electrons. The Labute approximate surface area is 460 Å². The number of hydrogen-bond acceptors (Lipinski definition) is 8. The molecule has 0 spiro atoms. The Hall–Kier alpha value is -6.23. The highest BCUT2D eigenvalue weighted by Crippen LogP contribution is 2.52. The van der Waals surface area contributed by atoms with Gasteiger partial charge in [0.2, 0.25) is 0 Å². The van der Waals surface area contributed by atoms with Crippen LogP contribution in [0.2, 0.25) is 0 Å². The highest BCUT2D eigenvalue weighted by Gasteiger charge is 2.58. The molecule has 0 amide bonds. The van der Waals surface area contributed by atoms with Crippen LogP contribution >= 0.6 is 0 Å². The molecule has 0 radical (unpaired) electrons. The van der Waals surface area contributed by atoms with Gasteiger partial charge in [0.25, 0.3) is 0 Å². The topological polar surface area (TPSA) is 81.7 Å². The number of fused-ring (bicyclic) bond motifs is 1. The van der Waals surface area contributed by atoms with Gasteiger partial charge in [0, 0.05) is 36.7 Å². The Kier molecular flexibility index (Phi) is 21.2. The summed E-state index contributed by atoms with van der Waals surface area (Å²) in [6.45, 7) is 21.3. The van der Waals surface area contributed by atoms with E-state index < -0.39 is 16.6 Å². The molecular weight excluding hydrogens is 957 g/mol. The zero-order valence-corrected chi connectivity index (χ0v) is 47.0. The van der Waals surface area contributed by atoms with Crippen molar-refractivity contribution in [2.75, 3.05) is 33.7 Å². The van der Waals surface area contributed by atoms with Gasteiger partial charge in [0.1, 0.15) is 19.0 Å². The molecule has 0 aromatic heterocycles. The molecule has 9 unspecified atom stereocenters. The highest BCUT2D eigenvalue weighted by molar-refractivity contribution is 5.66. The van der Waals surface area contributed by atoms with Crippen molar-refractivity contribution in [3.05, 3.63) is 251 Å². The van der Waals surface area contributed by atoms with Gasteiger partial charge in [-0.3, -0.25) is 4.79 Å². The van der Waals surface area contributed by atoms with E-state index in [1.807, 2.05) is 44.2 Å². The molecule has 3 aliphatic heterocycles. The van der Waals surface area contributed by atoms with Crippen LogP contribution in [0.3, 0.4) is 0 Å². The molecule has 7 aromatic carbocycles. The van der Waals surface area contributed by atoms with E-state index in [1.165, 1.54) is 40.3 Å². The minimum absolute atomic E-state index is 0.185. The minimum atomic E-state index is -0.731. The van der Waals surface area contributed by atoms with Gasteiger partial charge < -0.3 is 33.2 Å². The molecule has 3 fully saturated rings. The lowest BCUT2D eigenvalue weighted by atomic mass is 9.62. The van der Waals surface area contributed by atoms with Gasteiger partial charge in [0.05, 0.1) is 32.0 Å². The first-order chi connectivity index (χ1) is 37.2. The average Bonchev–Trinajstić information content (AvgIpc) is 4.18. The van der Waals surface area contributed by atoms with Crippen LogP contribution in [0, 0.1) is 11.8 Å². The SMILES string of the molecule is CC(c1ccccc1)C(C)c1ccccc1.CC1(C)OC(C(C)(c2ccccc2)c2ccccc2)C(C(C)(c2ccccc2)c2ccccc2)O1.CC1COC2C(C)COC12.COCOCC(OC(C)=O)c1ccccc1. The predicted molar refractivity (Wildman–Crippen MR) is 309 cm³/mol. The second kappa shape index (κ2) is 27.9. The van der Waals surface area contributed by atoms with Crippen LogP contribution in [0.25, 0.3) is 0 Å². The summed E-state index contributed by atoms with van der Waals surface area (Å²) in [4.78, 5) is 11.0. The maximum atomic E-state index is 11.0. The molecular formula is C69H82O8. The molecule has 10 rings (SSSR count). The summed E-state index contributed by atoms with van der Waals surface area (Å²) in [5.74, 6) is 1.28. The number of ether oxygens (including phenoxy) is 7. The van der Waals surface area contributed by atoms with E-state index in [9.17, 15) is 4.79 Å². The number of methoxy groups -OCH3 is 1. The smallest absolute Gasteiger partial charge is 0.303 e. The van der Waals surface area contributed by atoms with Crippen LogP contribution in [-0.2, 0) is 48.8 Å². The van der Waals surface area contributed by atoms with Crippen molar-refractivity contribution in [2.45, 2.75) is 121 Å². The van der Waals surface area contributed by atoms with Crippen molar-refractivity contribution < 1.29 is 38.0 Å². The number of carbonyl (C=O) groups is 1. The van der Waals surface area contributed by atoms with Crippen molar-refractivity contribution in [1.82, 2.24) is 0 Å². The number of carbonyl (C=O) groups excluding carboxylic acids is 1. The van der Waals surface area contributed by atoms with Crippen molar-refractivity contribution in [3.63, 3.8) is 0 Å². The Morgan fingerprint density at radius 3 is 1.12 bits per heavy atom. The minimum Gasteiger partial charge on any atom is -0.455 e. The summed E-state index contributed by atoms with van der Waals surface area (Å²) in [5, 5.41) is 0. The third-order valence-electron chi connectivity index (χ3n) is 15.6. The zero-order valence-electron chi connectivity index (χ0n) is 47.0. The molecule has 0 saturated carbocycles. The summed E-state index contributed by atoms with van der Waals surface area (Å²) < 4.78 is 40.1. The van der Waals surface area contributed by atoms with Gasteiger partial charge in [-0.1, -0.05) is 240 Å². The molecule has 9 atom stereocenters. The second-order valence-corrected chi connectivity index (χ2v) is 21.6. The number of hydrogen-bond donors (Lipinski definition) is 0. The lowest BCUT2D eigenvalue weighted by molar-refractivity contribution is -0.154. The molecule has 0 aliphatic carbocycles. The quantitative estimate of drug-likeness (QED) is 0.0571. The van der Waals surface area contributed by atoms with E-state index in [2.05, 4.69) is 224 Å². The van der Waals surface area contributed by atoms with Crippen LogP contribution in [0.1, 0.15) is 119 Å². The van der Waals surface area contributed by atoms with E-state index in [-0.39, 0.29) is 37.7 Å². The van der Waals surface area contributed by atoms with Gasteiger partial charge in [-0.05, 0) is 78.5 Å². The van der Waals surface area contributed by atoms with Crippen molar-refractivity contribution >= 4 is 5.97 Å². The first-order valence-electron chi connectivity index (χ1n) is 27.4. The maximum absolute atomic E-state index is 11.0. The summed E-state index contributed by atoms with van der Waals surface area (Å²) in [6, 6.07) is 73.8. The standard InChI is InChI=1S/C33H34O2.C16H18.C12H16O4.C8H14O2/c1-31(2)34-29(32(3,25-17-9-5-10-18-25)26-19-11-6-12-20-26)30(35-31)33(4,27-21-13-7-14-22-27)28-23-15-8-16-24-28;1-13(15-9-5-3-6-10-15)14(2)16-11-7-4-8-12-16;1-10(13)16-12(8-15-9-14-2)11-6-4-3-5-7-11;1-5-3-9-8-6(2)4-10-7(5)8/h5-24,29-30H,1-4H3;3-14H,1-2H3;3-7,12H,8-9H2,1-2H3;5-8H,3-4H2,1-2H3. The van der Waals surface area contributed by atoms with Crippen LogP contribution < -0.4 is 0 Å². The summed E-state index contributed by atoms with van der Waals surface area (Å²) in [6.07, 6.45) is -0.0701. The molecule has 3 heterocycles. The van der Waals surface area contributed by atoms with E-state index in [0.717, 1.165) is 18.8 Å². The molecule has 7 aromatic rings. The van der Waals surface area contributed by atoms with Gasteiger partial charge >= 0.3 is 5.97 Å². The van der Waals surface area contributed by atoms with Crippen LogP contribution in [0.4, 0.5) is 0 Å². The fourth-order valence-electron chi connectivity index (χ4n) is 11.0. The predicted octanol–water partition coefficient (Wildman–Crippen LogP) is 15.1. The monoisotopic (exact) mass is 1040 g/mol. The zero-order chi connectivity index (χ0) is 54.8. The normalized spacial score (nSPS) is 21.5. The van der Waals surface area contributed by atoms with Crippen molar-refractivity contribution in [1.29, 1.82) is 0 Å². The Morgan fingerprint density at radius 2 is 0.818 bits per heavy atom. The van der Waals surface area contributed by atoms with Gasteiger partial charge in [-0.2, -0.15) is 0 Å².